The van der Waals surface area contributed by atoms with E-state index in [0.717, 1.165) is 21.1 Å². The molecule has 0 saturated heterocycles. The van der Waals surface area contributed by atoms with Gasteiger partial charge in [-0.15, -0.1) is 0 Å². The summed E-state index contributed by atoms with van der Waals surface area (Å²) in [6, 6.07) is 7.99. The van der Waals surface area contributed by atoms with Gasteiger partial charge in [-0.1, -0.05) is 18.2 Å². The van der Waals surface area contributed by atoms with Gasteiger partial charge in [0.25, 0.3) is 0 Å². The summed E-state index contributed by atoms with van der Waals surface area (Å²) in [4.78, 5) is 15.4. The molecule has 3 aromatic rings. The van der Waals surface area contributed by atoms with E-state index in [9.17, 15) is 4.79 Å². The Morgan fingerprint density at radius 3 is 3.05 bits per heavy atom. The van der Waals surface area contributed by atoms with E-state index in [1.54, 1.807) is 0 Å². The average Bonchev–Trinajstić information content (AvgIpc) is 3.09. The van der Waals surface area contributed by atoms with Gasteiger partial charge < -0.3 is 10.7 Å². The number of rotatable bonds is 3. The largest absolute Gasteiger partial charge is 0.382 e. The highest BCUT2D eigenvalue weighted by atomic mass is 16.2. The summed E-state index contributed by atoms with van der Waals surface area (Å²) < 4.78 is 1.10. The maximum atomic E-state index is 12.2. The number of nitrogens with zero attached hydrogens (tertiary/aromatic N) is 3. The molecule has 6 nitrogen and oxygen atoms in total. The zero-order chi connectivity index (χ0) is 15.7. The summed E-state index contributed by atoms with van der Waals surface area (Å²) in [5.74, 6) is -0.122. The normalized spacial score (nSPS) is 10.7. The third-order valence-corrected chi connectivity index (χ3v) is 3.78. The average molecular weight is 293 g/mol. The number of anilines is 1. The smallest absolute Gasteiger partial charge is 0.249 e. The molecule has 0 amide bonds. The van der Waals surface area contributed by atoms with E-state index in [1.165, 1.54) is 11.8 Å². The molecular weight excluding hydrogens is 278 g/mol. The molecular formula is C16H15N5O. The maximum absolute atomic E-state index is 12.2. The van der Waals surface area contributed by atoms with Crippen molar-refractivity contribution in [3.63, 3.8) is 0 Å². The molecule has 0 fully saturated rings. The minimum Gasteiger partial charge on any atom is -0.382 e. The topological polar surface area (TPSA) is 100 Å². The Hall–Kier alpha value is -3.07. The van der Waals surface area contributed by atoms with Crippen molar-refractivity contribution in [2.45, 2.75) is 19.8 Å². The Kier molecular flexibility index (Phi) is 3.39. The fourth-order valence-electron chi connectivity index (χ4n) is 2.56. The third kappa shape index (κ3) is 2.23. The van der Waals surface area contributed by atoms with E-state index < -0.39 is 0 Å². The number of fused-ring (bicyclic) bond motifs is 1. The first-order valence-electron chi connectivity index (χ1n) is 6.94. The minimum absolute atomic E-state index is 0.0993. The van der Waals surface area contributed by atoms with Gasteiger partial charge in [-0.3, -0.25) is 4.79 Å². The molecule has 0 spiro atoms. The number of aromatic amines is 1. The Bertz CT molecular complexity index is 897. The molecule has 1 aromatic carbocycles. The number of benzene rings is 1. The molecule has 3 N–H and O–H groups in total. The first kappa shape index (κ1) is 13.9. The van der Waals surface area contributed by atoms with Crippen LogP contribution in [-0.4, -0.2) is 20.7 Å². The lowest BCUT2D eigenvalue weighted by molar-refractivity contribution is 0.0890. The highest BCUT2D eigenvalue weighted by Crippen LogP contribution is 2.22. The van der Waals surface area contributed by atoms with Gasteiger partial charge in [-0.2, -0.15) is 15.0 Å². The van der Waals surface area contributed by atoms with E-state index in [0.29, 0.717) is 6.42 Å². The summed E-state index contributed by atoms with van der Waals surface area (Å²) >= 11 is 0. The minimum atomic E-state index is -0.221. The molecule has 110 valence electrons. The second kappa shape index (κ2) is 5.37. The molecule has 2 aromatic heterocycles. The van der Waals surface area contributed by atoms with Gasteiger partial charge in [-0.05, 0) is 24.5 Å². The first-order chi connectivity index (χ1) is 10.6. The number of H-pyrrole nitrogens is 1. The molecule has 6 heteroatoms. The van der Waals surface area contributed by atoms with E-state index >= 15 is 0 Å². The number of carbonyl (C=O) groups excluding carboxylic acids is 1. The van der Waals surface area contributed by atoms with Gasteiger partial charge in [-0.25, -0.2) is 0 Å². The highest BCUT2D eigenvalue weighted by molar-refractivity contribution is 5.87. The monoisotopic (exact) mass is 293 g/mol. The predicted octanol–water partition coefficient (Wildman–Crippen LogP) is 2.40. The predicted molar refractivity (Wildman–Crippen MR) is 83.3 cm³/mol. The summed E-state index contributed by atoms with van der Waals surface area (Å²) in [7, 11) is 0. The number of hydrogen-bond acceptors (Lipinski definition) is 4. The van der Waals surface area contributed by atoms with E-state index in [2.05, 4.69) is 10.1 Å². The Morgan fingerprint density at radius 2 is 2.32 bits per heavy atom. The first-order valence-corrected chi connectivity index (χ1v) is 6.94. The van der Waals surface area contributed by atoms with E-state index in [1.807, 2.05) is 37.4 Å². The van der Waals surface area contributed by atoms with E-state index in [4.69, 9.17) is 11.0 Å². The van der Waals surface area contributed by atoms with Crippen molar-refractivity contribution in [3.8, 4) is 6.07 Å². The fourth-order valence-corrected chi connectivity index (χ4v) is 2.56. The number of aryl methyl sites for hydroxylation is 2. The summed E-state index contributed by atoms with van der Waals surface area (Å²) in [6.45, 7) is 2.04. The summed E-state index contributed by atoms with van der Waals surface area (Å²) in [6.07, 6.45) is 4.10. The van der Waals surface area contributed by atoms with Crippen LogP contribution in [0.1, 0.15) is 27.9 Å². The van der Waals surface area contributed by atoms with Gasteiger partial charge in [0.15, 0.2) is 0 Å². The number of nitrogens with two attached hydrogens (primary N) is 1. The van der Waals surface area contributed by atoms with Crippen molar-refractivity contribution in [2.75, 3.05) is 5.73 Å². The van der Waals surface area contributed by atoms with Crippen LogP contribution in [0.4, 0.5) is 5.82 Å². The molecule has 0 radical (unpaired) electrons. The van der Waals surface area contributed by atoms with Crippen LogP contribution in [-0.2, 0) is 6.42 Å². The molecule has 2 heterocycles. The maximum Gasteiger partial charge on any atom is 0.249 e. The van der Waals surface area contributed by atoms with Crippen LogP contribution in [0.15, 0.2) is 30.6 Å². The molecule has 0 aliphatic heterocycles. The zero-order valence-corrected chi connectivity index (χ0v) is 12.1. The van der Waals surface area contributed by atoms with Crippen molar-refractivity contribution < 1.29 is 4.79 Å². The van der Waals surface area contributed by atoms with Crippen LogP contribution < -0.4 is 5.73 Å². The molecule has 0 aliphatic carbocycles. The Balaban J connectivity index is 1.79. The number of nitrogens with one attached hydrogen (secondary N) is 1. The summed E-state index contributed by atoms with van der Waals surface area (Å²) in [5.41, 5.74) is 9.29. The van der Waals surface area contributed by atoms with Gasteiger partial charge in [0.1, 0.15) is 17.5 Å². The second-order valence-electron chi connectivity index (χ2n) is 5.17. The fraction of sp³-hybridized carbons (Fsp3) is 0.188. The zero-order valence-electron chi connectivity index (χ0n) is 12.1. The van der Waals surface area contributed by atoms with Crippen LogP contribution in [0.5, 0.6) is 0 Å². The SMILES string of the molecule is Cc1cccc2c(CCC(=O)n3ncc(C#N)c3N)c[nH]c12. The molecule has 3 rings (SSSR count). The van der Waals surface area contributed by atoms with Crippen molar-refractivity contribution in [2.24, 2.45) is 0 Å². The number of nitriles is 1. The lowest BCUT2D eigenvalue weighted by Crippen LogP contribution is -2.15. The van der Waals surface area contributed by atoms with Crippen LogP contribution in [0.2, 0.25) is 0 Å². The summed E-state index contributed by atoms with van der Waals surface area (Å²) in [5, 5.41) is 13.8. The number of para-hydroxylation sites is 1. The number of carbonyl (C=O) groups is 1. The number of aromatic nitrogens is 3. The van der Waals surface area contributed by atoms with Crippen molar-refractivity contribution in [1.82, 2.24) is 14.8 Å². The van der Waals surface area contributed by atoms with Gasteiger partial charge in [0.05, 0.1) is 6.20 Å². The molecule has 0 saturated carbocycles. The lowest BCUT2D eigenvalue weighted by atomic mass is 10.1. The molecule has 0 unspecified atom stereocenters. The van der Waals surface area contributed by atoms with Crippen LogP contribution >= 0.6 is 0 Å². The van der Waals surface area contributed by atoms with Gasteiger partial charge in [0.2, 0.25) is 5.91 Å². The Morgan fingerprint density at radius 1 is 1.50 bits per heavy atom. The second-order valence-corrected chi connectivity index (χ2v) is 5.17. The lowest BCUT2D eigenvalue weighted by Gasteiger charge is -2.03. The van der Waals surface area contributed by atoms with Gasteiger partial charge in [0, 0.05) is 23.5 Å². The number of nitrogen functional groups attached to an aromatic ring is 1. The van der Waals surface area contributed by atoms with Gasteiger partial charge >= 0.3 is 0 Å². The van der Waals surface area contributed by atoms with E-state index in [-0.39, 0.29) is 23.7 Å². The van der Waals surface area contributed by atoms with Crippen LogP contribution in [0, 0.1) is 18.3 Å². The van der Waals surface area contributed by atoms with Crippen molar-refractivity contribution in [3.05, 3.63) is 47.3 Å². The molecule has 22 heavy (non-hydrogen) atoms. The Labute approximate surface area is 127 Å². The highest BCUT2D eigenvalue weighted by Gasteiger charge is 2.14. The van der Waals surface area contributed by atoms with Crippen LogP contribution in [0.3, 0.4) is 0 Å². The van der Waals surface area contributed by atoms with Crippen molar-refractivity contribution >= 4 is 22.6 Å². The van der Waals surface area contributed by atoms with Crippen LogP contribution in [0.25, 0.3) is 10.9 Å². The molecule has 0 atom stereocenters. The third-order valence-electron chi connectivity index (χ3n) is 3.78. The molecule has 0 aliphatic rings. The number of hydrogen-bond donors (Lipinski definition) is 2. The molecule has 0 bridgehead atoms. The standard InChI is InChI=1S/C16H15N5O/c1-10-3-2-4-13-11(8-19-15(10)13)5-6-14(22)21-16(18)12(7-17)9-20-21/h2-4,8-9,19H,5-6,18H2,1H3. The van der Waals surface area contributed by atoms with Crippen molar-refractivity contribution in [1.29, 1.82) is 5.26 Å². The quantitative estimate of drug-likeness (QED) is 0.774.